The molecule has 12 nitrogen and oxygen atoms in total. The molecule has 4 amide bonds. The van der Waals surface area contributed by atoms with Crippen molar-refractivity contribution in [2.24, 2.45) is 23.3 Å². The lowest BCUT2D eigenvalue weighted by Gasteiger charge is -2.28. The molecule has 0 bridgehead atoms. The van der Waals surface area contributed by atoms with Gasteiger partial charge in [0.1, 0.15) is 18.1 Å². The molecule has 31 heavy (non-hydrogen) atoms. The van der Waals surface area contributed by atoms with Crippen molar-refractivity contribution in [1.29, 1.82) is 0 Å². The molecule has 6 atom stereocenters. The average molecular weight is 446 g/mol. The number of hydrogen-bond donors (Lipinski definition) is 7. The standard InChI is InChI=1S/C19H35N5O7/c1-6-9(4)14(19(30)31)23-18(29)15(10(5)25)24-17(28)13(8(2)3)22-16(27)11(20)7-12(21)26/h8-11,13-15,25H,6-7,20H2,1-5H3,(H2,21,26)(H,22,27)(H,23,29)(H,24,28)(H,30,31). The molecule has 0 radical (unpaired) electrons. The van der Waals surface area contributed by atoms with Crippen molar-refractivity contribution >= 4 is 29.6 Å². The zero-order valence-electron chi connectivity index (χ0n) is 18.5. The second kappa shape index (κ2) is 12.8. The average Bonchev–Trinajstić information content (AvgIpc) is 2.65. The summed E-state index contributed by atoms with van der Waals surface area (Å²) in [5, 5.41) is 26.4. The van der Waals surface area contributed by atoms with Crippen LogP contribution in [-0.2, 0) is 24.0 Å². The zero-order valence-corrected chi connectivity index (χ0v) is 18.5. The number of carbonyl (C=O) groups excluding carboxylic acids is 4. The fourth-order valence-electron chi connectivity index (χ4n) is 2.68. The molecule has 12 heteroatoms. The number of carbonyl (C=O) groups is 5. The molecule has 0 aromatic carbocycles. The molecule has 0 heterocycles. The van der Waals surface area contributed by atoms with E-state index in [9.17, 15) is 34.2 Å². The number of carboxylic acids is 1. The van der Waals surface area contributed by atoms with Gasteiger partial charge in [-0.25, -0.2) is 4.79 Å². The first-order valence-electron chi connectivity index (χ1n) is 10.1. The van der Waals surface area contributed by atoms with E-state index in [4.69, 9.17) is 11.5 Å². The number of nitrogens with one attached hydrogen (secondary N) is 3. The number of carboxylic acid groups (broad SMARTS) is 1. The van der Waals surface area contributed by atoms with E-state index in [-0.39, 0.29) is 5.92 Å². The normalized spacial score (nSPS) is 16.9. The highest BCUT2D eigenvalue weighted by Crippen LogP contribution is 2.10. The van der Waals surface area contributed by atoms with Crippen LogP contribution in [0.1, 0.15) is 47.5 Å². The molecule has 9 N–H and O–H groups in total. The third-order valence-corrected chi connectivity index (χ3v) is 4.84. The predicted octanol–water partition coefficient (Wildman–Crippen LogP) is -2.19. The number of aliphatic carboxylic acids is 1. The molecule has 0 aromatic rings. The lowest BCUT2D eigenvalue weighted by molar-refractivity contribution is -0.144. The van der Waals surface area contributed by atoms with Gasteiger partial charge in [0.25, 0.3) is 0 Å². The maximum absolute atomic E-state index is 12.7. The Bertz CT molecular complexity index is 668. The van der Waals surface area contributed by atoms with Gasteiger partial charge in [-0.05, 0) is 18.8 Å². The first kappa shape index (κ1) is 28.3. The van der Waals surface area contributed by atoms with E-state index in [1.807, 2.05) is 0 Å². The van der Waals surface area contributed by atoms with Crippen molar-refractivity contribution in [2.45, 2.75) is 77.7 Å². The van der Waals surface area contributed by atoms with Crippen LogP contribution in [0, 0.1) is 11.8 Å². The number of amides is 4. The zero-order chi connectivity index (χ0) is 24.5. The Morgan fingerprint density at radius 3 is 1.68 bits per heavy atom. The van der Waals surface area contributed by atoms with E-state index in [1.54, 1.807) is 27.7 Å². The molecule has 0 aliphatic heterocycles. The quantitative estimate of drug-likeness (QED) is 0.165. The number of hydrogen-bond acceptors (Lipinski definition) is 7. The van der Waals surface area contributed by atoms with E-state index < -0.39 is 72.2 Å². The Morgan fingerprint density at radius 2 is 1.29 bits per heavy atom. The van der Waals surface area contributed by atoms with Gasteiger partial charge in [-0.2, -0.15) is 0 Å². The first-order chi connectivity index (χ1) is 14.2. The molecule has 0 aromatic heterocycles. The second-order valence-electron chi connectivity index (χ2n) is 7.94. The van der Waals surface area contributed by atoms with Gasteiger partial charge in [0.2, 0.25) is 23.6 Å². The van der Waals surface area contributed by atoms with Crippen LogP contribution in [0.15, 0.2) is 0 Å². The molecule has 0 aliphatic carbocycles. The SMILES string of the molecule is CCC(C)C(NC(=O)C(NC(=O)C(NC(=O)C(N)CC(N)=O)C(C)C)C(C)O)C(=O)O. The minimum absolute atomic E-state index is 0.388. The summed E-state index contributed by atoms with van der Waals surface area (Å²) < 4.78 is 0. The topological polar surface area (TPSA) is 214 Å². The molecular weight excluding hydrogens is 410 g/mol. The minimum atomic E-state index is -1.46. The summed E-state index contributed by atoms with van der Waals surface area (Å²) in [6, 6.07) is -5.06. The Hall–Kier alpha value is -2.73. The number of aliphatic hydroxyl groups is 1. The fourth-order valence-corrected chi connectivity index (χ4v) is 2.68. The first-order valence-corrected chi connectivity index (χ1v) is 10.1. The Labute approximate surface area is 181 Å². The maximum Gasteiger partial charge on any atom is 0.326 e. The van der Waals surface area contributed by atoms with Crippen LogP contribution >= 0.6 is 0 Å². The van der Waals surface area contributed by atoms with Gasteiger partial charge in [-0.15, -0.1) is 0 Å². The summed E-state index contributed by atoms with van der Waals surface area (Å²) in [5.41, 5.74) is 10.6. The van der Waals surface area contributed by atoms with Gasteiger partial charge < -0.3 is 37.6 Å². The van der Waals surface area contributed by atoms with Crippen LogP contribution in [0.25, 0.3) is 0 Å². The summed E-state index contributed by atoms with van der Waals surface area (Å²) in [6.45, 7) is 7.93. The third kappa shape index (κ3) is 9.30. The van der Waals surface area contributed by atoms with Gasteiger partial charge in [0.05, 0.1) is 18.6 Å². The number of primary amides is 1. The highest BCUT2D eigenvalue weighted by atomic mass is 16.4. The number of aliphatic hydroxyl groups excluding tert-OH is 1. The molecule has 0 saturated heterocycles. The van der Waals surface area contributed by atoms with Crippen LogP contribution in [-0.4, -0.2) is 70.1 Å². The molecule has 0 saturated carbocycles. The fraction of sp³-hybridized carbons (Fsp3) is 0.737. The molecule has 0 fully saturated rings. The molecule has 178 valence electrons. The van der Waals surface area contributed by atoms with Crippen LogP contribution in [0.2, 0.25) is 0 Å². The Kier molecular flexibility index (Phi) is 11.7. The monoisotopic (exact) mass is 445 g/mol. The second-order valence-corrected chi connectivity index (χ2v) is 7.94. The lowest BCUT2D eigenvalue weighted by Crippen LogP contribution is -2.61. The largest absolute Gasteiger partial charge is 0.480 e. The van der Waals surface area contributed by atoms with E-state index in [0.717, 1.165) is 0 Å². The van der Waals surface area contributed by atoms with Gasteiger partial charge in [0.15, 0.2) is 0 Å². The van der Waals surface area contributed by atoms with Crippen LogP contribution in [0.4, 0.5) is 0 Å². The van der Waals surface area contributed by atoms with E-state index in [0.29, 0.717) is 6.42 Å². The maximum atomic E-state index is 12.7. The molecule has 0 rings (SSSR count). The summed E-state index contributed by atoms with van der Waals surface area (Å²) in [7, 11) is 0. The summed E-state index contributed by atoms with van der Waals surface area (Å²) in [4.78, 5) is 59.9. The van der Waals surface area contributed by atoms with Crippen molar-refractivity contribution in [3.8, 4) is 0 Å². The van der Waals surface area contributed by atoms with Gasteiger partial charge >= 0.3 is 5.97 Å². The van der Waals surface area contributed by atoms with E-state index in [1.165, 1.54) is 6.92 Å². The summed E-state index contributed by atoms with van der Waals surface area (Å²) in [5.74, 6) is -5.30. The van der Waals surface area contributed by atoms with Gasteiger partial charge in [-0.1, -0.05) is 34.1 Å². The van der Waals surface area contributed by atoms with Crippen molar-refractivity contribution in [2.75, 3.05) is 0 Å². The van der Waals surface area contributed by atoms with Crippen molar-refractivity contribution < 1.29 is 34.2 Å². The molecule has 0 aliphatic rings. The third-order valence-electron chi connectivity index (χ3n) is 4.84. The van der Waals surface area contributed by atoms with Crippen molar-refractivity contribution in [3.05, 3.63) is 0 Å². The summed E-state index contributed by atoms with van der Waals surface area (Å²) >= 11 is 0. The highest BCUT2D eigenvalue weighted by Gasteiger charge is 2.34. The predicted molar refractivity (Wildman–Crippen MR) is 111 cm³/mol. The molecule has 6 unspecified atom stereocenters. The minimum Gasteiger partial charge on any atom is -0.480 e. The smallest absolute Gasteiger partial charge is 0.326 e. The number of rotatable bonds is 13. The van der Waals surface area contributed by atoms with Crippen molar-refractivity contribution in [3.63, 3.8) is 0 Å². The highest BCUT2D eigenvalue weighted by molar-refractivity contribution is 5.95. The van der Waals surface area contributed by atoms with Gasteiger partial charge in [-0.3, -0.25) is 19.2 Å². The van der Waals surface area contributed by atoms with Crippen LogP contribution in [0.5, 0.6) is 0 Å². The van der Waals surface area contributed by atoms with Crippen molar-refractivity contribution in [1.82, 2.24) is 16.0 Å². The number of nitrogens with two attached hydrogens (primary N) is 2. The summed E-state index contributed by atoms with van der Waals surface area (Å²) in [6.07, 6.45) is -1.28. The van der Waals surface area contributed by atoms with E-state index in [2.05, 4.69) is 16.0 Å². The lowest BCUT2D eigenvalue weighted by atomic mass is 9.98. The Balaban J connectivity index is 5.41. The molecule has 0 spiro atoms. The Morgan fingerprint density at radius 1 is 0.839 bits per heavy atom. The van der Waals surface area contributed by atoms with Gasteiger partial charge in [0, 0.05) is 0 Å². The van der Waals surface area contributed by atoms with Crippen LogP contribution < -0.4 is 27.4 Å². The van der Waals surface area contributed by atoms with Crippen LogP contribution in [0.3, 0.4) is 0 Å². The van der Waals surface area contributed by atoms with E-state index >= 15 is 0 Å². The molecular formula is C19H35N5O7.